The molecule has 1 amide bonds. The summed E-state index contributed by atoms with van der Waals surface area (Å²) in [5, 5.41) is 7.16. The van der Waals surface area contributed by atoms with Gasteiger partial charge in [0, 0.05) is 15.8 Å². The molecule has 2 aromatic carbocycles. The summed E-state index contributed by atoms with van der Waals surface area (Å²) in [5.74, 6) is 0.453. The molecule has 25 heavy (non-hydrogen) atoms. The molecular formula is C18H15ClN2O2S2. The quantitative estimate of drug-likeness (QED) is 0.610. The Kier molecular flexibility index (Phi) is 5.53. The van der Waals surface area contributed by atoms with Gasteiger partial charge in [0.25, 0.3) is 5.91 Å². The van der Waals surface area contributed by atoms with Crippen molar-refractivity contribution in [2.45, 2.75) is 6.92 Å². The molecule has 128 valence electrons. The summed E-state index contributed by atoms with van der Waals surface area (Å²) in [6.45, 7) is 2.53. The van der Waals surface area contributed by atoms with Crippen LogP contribution in [0.4, 0.5) is 5.69 Å². The zero-order valence-electron chi connectivity index (χ0n) is 13.3. The van der Waals surface area contributed by atoms with Crippen LogP contribution in [0.15, 0.2) is 48.5 Å². The summed E-state index contributed by atoms with van der Waals surface area (Å²) in [6, 6.07) is 14.9. The van der Waals surface area contributed by atoms with E-state index in [-0.39, 0.29) is 11.0 Å². The van der Waals surface area contributed by atoms with Crippen molar-refractivity contribution in [3.63, 3.8) is 0 Å². The fraction of sp³-hybridized carbons (Fsp3) is 0.111. The lowest BCUT2D eigenvalue weighted by Gasteiger charge is -2.10. The van der Waals surface area contributed by atoms with Crippen molar-refractivity contribution in [3.05, 3.63) is 58.4 Å². The van der Waals surface area contributed by atoms with Crippen molar-refractivity contribution < 1.29 is 9.53 Å². The molecule has 0 atom stereocenters. The van der Waals surface area contributed by atoms with Crippen molar-refractivity contribution in [2.24, 2.45) is 0 Å². The number of amides is 1. The highest BCUT2D eigenvalue weighted by atomic mass is 35.5. The molecule has 3 aromatic rings. The lowest BCUT2D eigenvalue weighted by atomic mass is 10.2. The van der Waals surface area contributed by atoms with E-state index in [4.69, 9.17) is 28.6 Å². The lowest BCUT2D eigenvalue weighted by Crippen LogP contribution is -2.33. The van der Waals surface area contributed by atoms with Gasteiger partial charge in [-0.3, -0.25) is 10.1 Å². The number of benzene rings is 2. The van der Waals surface area contributed by atoms with Gasteiger partial charge in [0.15, 0.2) is 5.11 Å². The molecule has 0 unspecified atom stereocenters. The molecule has 4 nitrogen and oxygen atoms in total. The summed E-state index contributed by atoms with van der Waals surface area (Å²) < 4.78 is 6.35. The van der Waals surface area contributed by atoms with Crippen LogP contribution in [0.25, 0.3) is 10.1 Å². The van der Waals surface area contributed by atoms with E-state index >= 15 is 0 Å². The molecule has 0 saturated heterocycles. The van der Waals surface area contributed by atoms with Crippen molar-refractivity contribution in [1.29, 1.82) is 0 Å². The van der Waals surface area contributed by atoms with Crippen molar-refractivity contribution in [3.8, 4) is 5.75 Å². The number of hydrogen-bond acceptors (Lipinski definition) is 4. The molecule has 0 spiro atoms. The highest BCUT2D eigenvalue weighted by Crippen LogP contribution is 2.34. The van der Waals surface area contributed by atoms with Crippen LogP contribution in [0.2, 0.25) is 5.02 Å². The molecule has 2 N–H and O–H groups in total. The van der Waals surface area contributed by atoms with Crippen LogP contribution in [0.1, 0.15) is 16.6 Å². The van der Waals surface area contributed by atoms with Gasteiger partial charge in [0.1, 0.15) is 10.6 Å². The van der Waals surface area contributed by atoms with E-state index in [2.05, 4.69) is 10.6 Å². The first kappa shape index (κ1) is 17.7. The lowest BCUT2D eigenvalue weighted by molar-refractivity contribution is 0.0982. The molecule has 1 heterocycles. The summed E-state index contributed by atoms with van der Waals surface area (Å²) in [5.41, 5.74) is 0.760. The van der Waals surface area contributed by atoms with Gasteiger partial charge in [0.2, 0.25) is 0 Å². The normalized spacial score (nSPS) is 10.5. The second-order valence-corrected chi connectivity index (χ2v) is 6.95. The maximum atomic E-state index is 12.4. The second-order valence-electron chi connectivity index (χ2n) is 5.11. The van der Waals surface area contributed by atoms with Crippen molar-refractivity contribution in [1.82, 2.24) is 5.32 Å². The summed E-state index contributed by atoms with van der Waals surface area (Å²) >= 11 is 12.9. The minimum Gasteiger partial charge on any atom is -0.494 e. The Morgan fingerprint density at radius 2 is 1.92 bits per heavy atom. The van der Waals surface area contributed by atoms with E-state index in [1.807, 2.05) is 55.5 Å². The third-order valence-electron chi connectivity index (χ3n) is 3.39. The maximum Gasteiger partial charge on any atom is 0.269 e. The van der Waals surface area contributed by atoms with Crippen LogP contribution in [-0.2, 0) is 0 Å². The van der Waals surface area contributed by atoms with Gasteiger partial charge in [-0.1, -0.05) is 29.8 Å². The Hall–Kier alpha value is -2.15. The second kappa shape index (κ2) is 7.82. The molecule has 3 rings (SSSR count). The maximum absolute atomic E-state index is 12.4. The number of carbonyl (C=O) groups excluding carboxylic acids is 1. The number of thiocarbonyl (C=S) groups is 1. The average molecular weight is 391 g/mol. The van der Waals surface area contributed by atoms with Gasteiger partial charge in [-0.25, -0.2) is 0 Å². The molecule has 0 radical (unpaired) electrons. The van der Waals surface area contributed by atoms with E-state index in [1.165, 1.54) is 11.3 Å². The highest BCUT2D eigenvalue weighted by Gasteiger charge is 2.17. The predicted octanol–water partition coefficient (Wildman–Crippen LogP) is 5.08. The Morgan fingerprint density at radius 3 is 2.60 bits per heavy atom. The Balaban J connectivity index is 1.67. The number of nitrogens with one attached hydrogen (secondary N) is 2. The molecule has 7 heteroatoms. The van der Waals surface area contributed by atoms with E-state index < -0.39 is 0 Å². The van der Waals surface area contributed by atoms with Gasteiger partial charge in [-0.05, 0) is 49.5 Å². The topological polar surface area (TPSA) is 50.4 Å². The van der Waals surface area contributed by atoms with Gasteiger partial charge in [-0.2, -0.15) is 0 Å². The molecular weight excluding hydrogens is 376 g/mol. The van der Waals surface area contributed by atoms with E-state index in [0.717, 1.165) is 21.5 Å². The van der Waals surface area contributed by atoms with Crippen molar-refractivity contribution in [2.75, 3.05) is 11.9 Å². The van der Waals surface area contributed by atoms with Crippen LogP contribution in [0.5, 0.6) is 5.75 Å². The SMILES string of the molecule is CCOc1ccc(NC(=S)NC(=O)c2sc3ccccc3c2Cl)cc1. The van der Waals surface area contributed by atoms with Gasteiger partial charge >= 0.3 is 0 Å². The molecule has 0 aliphatic carbocycles. The highest BCUT2D eigenvalue weighted by molar-refractivity contribution is 7.80. The molecule has 0 aliphatic heterocycles. The Bertz CT molecular complexity index is 922. The molecule has 1 aromatic heterocycles. The number of rotatable bonds is 4. The largest absolute Gasteiger partial charge is 0.494 e. The molecule has 0 aliphatic rings. The summed E-state index contributed by atoms with van der Waals surface area (Å²) in [7, 11) is 0. The Morgan fingerprint density at radius 1 is 1.20 bits per heavy atom. The Labute approximate surface area is 159 Å². The van der Waals surface area contributed by atoms with Gasteiger partial charge in [-0.15, -0.1) is 11.3 Å². The number of halogens is 1. The zero-order chi connectivity index (χ0) is 17.8. The fourth-order valence-electron chi connectivity index (χ4n) is 2.28. The fourth-order valence-corrected chi connectivity index (χ4v) is 3.91. The van der Waals surface area contributed by atoms with E-state index in [0.29, 0.717) is 16.5 Å². The monoisotopic (exact) mass is 390 g/mol. The standard InChI is InChI=1S/C18H15ClN2O2S2/c1-2-23-12-9-7-11(8-10-12)20-18(24)21-17(22)16-15(19)13-5-3-4-6-14(13)25-16/h3-10H,2H2,1H3,(H2,20,21,22,24). The summed E-state index contributed by atoms with van der Waals surface area (Å²) in [4.78, 5) is 12.9. The number of carbonyl (C=O) groups is 1. The number of fused-ring (bicyclic) bond motifs is 1. The van der Waals surface area contributed by atoms with Crippen molar-refractivity contribution >= 4 is 61.9 Å². The van der Waals surface area contributed by atoms with Gasteiger partial charge in [0.05, 0.1) is 11.6 Å². The smallest absolute Gasteiger partial charge is 0.269 e. The number of anilines is 1. The predicted molar refractivity (Wildman–Crippen MR) is 108 cm³/mol. The minimum atomic E-state index is -0.324. The molecule has 0 saturated carbocycles. The number of ether oxygens (including phenoxy) is 1. The first-order chi connectivity index (χ1) is 12.1. The number of hydrogen-bond donors (Lipinski definition) is 2. The van der Waals surface area contributed by atoms with Crippen LogP contribution in [-0.4, -0.2) is 17.6 Å². The minimum absolute atomic E-state index is 0.211. The molecule has 0 bridgehead atoms. The van der Waals surface area contributed by atoms with Crippen LogP contribution in [0, 0.1) is 0 Å². The first-order valence-electron chi connectivity index (χ1n) is 7.60. The molecule has 0 fully saturated rings. The van der Waals surface area contributed by atoms with Crippen LogP contribution in [0.3, 0.4) is 0 Å². The van der Waals surface area contributed by atoms with E-state index in [9.17, 15) is 4.79 Å². The van der Waals surface area contributed by atoms with Gasteiger partial charge < -0.3 is 10.1 Å². The van der Waals surface area contributed by atoms with Crippen LogP contribution < -0.4 is 15.4 Å². The zero-order valence-corrected chi connectivity index (χ0v) is 15.7. The van der Waals surface area contributed by atoms with E-state index in [1.54, 1.807) is 0 Å². The summed E-state index contributed by atoms with van der Waals surface area (Å²) in [6.07, 6.45) is 0. The number of thiophene rings is 1. The third kappa shape index (κ3) is 4.10. The first-order valence-corrected chi connectivity index (χ1v) is 9.21. The third-order valence-corrected chi connectivity index (χ3v) is 5.27. The van der Waals surface area contributed by atoms with Crippen LogP contribution >= 0.6 is 35.2 Å². The average Bonchev–Trinajstić information content (AvgIpc) is 2.94.